The molecule has 0 aliphatic heterocycles. The monoisotopic (exact) mass is 235 g/mol. The smallest absolute Gasteiger partial charge is 0.338 e. The molecule has 0 radical (unpaired) electrons. The van der Waals surface area contributed by atoms with Crippen LogP contribution in [0.5, 0.6) is 0 Å². The molecule has 1 aromatic rings. The van der Waals surface area contributed by atoms with Gasteiger partial charge in [0.2, 0.25) is 0 Å². The minimum atomic E-state index is -0.283. The van der Waals surface area contributed by atoms with Crippen LogP contribution in [0.2, 0.25) is 0 Å². The van der Waals surface area contributed by atoms with Crippen molar-refractivity contribution in [1.29, 1.82) is 0 Å². The second-order valence-electron chi connectivity index (χ2n) is 4.30. The molecule has 1 atom stereocenters. The van der Waals surface area contributed by atoms with Gasteiger partial charge >= 0.3 is 5.97 Å². The highest BCUT2D eigenvalue weighted by Crippen LogP contribution is 2.21. The Hall–Kier alpha value is -1.51. The van der Waals surface area contributed by atoms with Gasteiger partial charge in [-0.15, -0.1) is 0 Å². The number of hydrogen-bond acceptors (Lipinski definition) is 3. The summed E-state index contributed by atoms with van der Waals surface area (Å²) in [4.78, 5) is 11.5. The standard InChI is InChI=1S/C14H21NO2/c1-5-7-10(2)15-13-9-6-8-12(11(13)3)14(16)17-4/h6,8-10,15H,5,7H2,1-4H3. The molecular weight excluding hydrogens is 214 g/mol. The van der Waals surface area contributed by atoms with Gasteiger partial charge in [-0.3, -0.25) is 0 Å². The average Bonchev–Trinajstić information content (AvgIpc) is 2.31. The lowest BCUT2D eigenvalue weighted by Gasteiger charge is -2.17. The number of esters is 1. The third-order valence-corrected chi connectivity index (χ3v) is 2.86. The Morgan fingerprint density at radius 1 is 1.47 bits per heavy atom. The minimum absolute atomic E-state index is 0.283. The third kappa shape index (κ3) is 3.48. The molecule has 3 nitrogen and oxygen atoms in total. The number of nitrogens with one attached hydrogen (secondary N) is 1. The summed E-state index contributed by atoms with van der Waals surface area (Å²) in [6.07, 6.45) is 2.26. The van der Waals surface area contributed by atoms with Crippen molar-refractivity contribution in [2.45, 2.75) is 39.7 Å². The molecule has 0 fully saturated rings. The molecule has 1 rings (SSSR count). The van der Waals surface area contributed by atoms with Crippen molar-refractivity contribution in [3.63, 3.8) is 0 Å². The number of methoxy groups -OCH3 is 1. The number of carbonyl (C=O) groups excluding carboxylic acids is 1. The molecular formula is C14H21NO2. The highest BCUT2D eigenvalue weighted by atomic mass is 16.5. The quantitative estimate of drug-likeness (QED) is 0.795. The molecule has 0 saturated heterocycles. The fraction of sp³-hybridized carbons (Fsp3) is 0.500. The molecule has 0 aliphatic rings. The number of ether oxygens (including phenoxy) is 1. The fourth-order valence-electron chi connectivity index (χ4n) is 1.89. The summed E-state index contributed by atoms with van der Waals surface area (Å²) >= 11 is 0. The molecule has 0 bridgehead atoms. The number of rotatable bonds is 5. The van der Waals surface area contributed by atoms with Crippen molar-refractivity contribution in [2.24, 2.45) is 0 Å². The van der Waals surface area contributed by atoms with Gasteiger partial charge < -0.3 is 10.1 Å². The molecule has 1 N–H and O–H groups in total. The molecule has 0 aromatic heterocycles. The van der Waals surface area contributed by atoms with Gasteiger partial charge in [0.05, 0.1) is 12.7 Å². The van der Waals surface area contributed by atoms with Gasteiger partial charge in [0, 0.05) is 11.7 Å². The van der Waals surface area contributed by atoms with Crippen LogP contribution < -0.4 is 5.32 Å². The van der Waals surface area contributed by atoms with Gasteiger partial charge in [-0.2, -0.15) is 0 Å². The van der Waals surface area contributed by atoms with Crippen molar-refractivity contribution in [3.05, 3.63) is 29.3 Å². The predicted molar refractivity (Wildman–Crippen MR) is 70.5 cm³/mol. The summed E-state index contributed by atoms with van der Waals surface area (Å²) in [5.41, 5.74) is 2.58. The van der Waals surface area contributed by atoms with E-state index in [9.17, 15) is 4.79 Å². The van der Waals surface area contributed by atoms with Crippen molar-refractivity contribution in [3.8, 4) is 0 Å². The zero-order chi connectivity index (χ0) is 12.8. The Bertz CT molecular complexity index is 388. The first-order chi connectivity index (χ1) is 8.10. The van der Waals surface area contributed by atoms with Crippen LogP contribution in [0.4, 0.5) is 5.69 Å². The third-order valence-electron chi connectivity index (χ3n) is 2.86. The molecule has 0 saturated carbocycles. The Balaban J connectivity index is 2.90. The van der Waals surface area contributed by atoms with Gasteiger partial charge in [-0.25, -0.2) is 4.79 Å². The predicted octanol–water partition coefficient (Wildman–Crippen LogP) is 3.38. The highest BCUT2D eigenvalue weighted by molar-refractivity contribution is 5.92. The van der Waals surface area contributed by atoms with E-state index in [-0.39, 0.29) is 5.97 Å². The van der Waals surface area contributed by atoms with Crippen LogP contribution in [0.3, 0.4) is 0 Å². The lowest BCUT2D eigenvalue weighted by atomic mass is 10.1. The Morgan fingerprint density at radius 2 is 2.18 bits per heavy atom. The minimum Gasteiger partial charge on any atom is -0.465 e. The Labute approximate surface area is 103 Å². The topological polar surface area (TPSA) is 38.3 Å². The van der Waals surface area contributed by atoms with Crippen LogP contribution in [-0.2, 0) is 4.74 Å². The first kappa shape index (κ1) is 13.6. The molecule has 1 unspecified atom stereocenters. The van der Waals surface area contributed by atoms with E-state index in [4.69, 9.17) is 4.74 Å². The van der Waals surface area contributed by atoms with E-state index in [1.54, 1.807) is 6.07 Å². The normalized spacial score (nSPS) is 12.0. The van der Waals surface area contributed by atoms with E-state index < -0.39 is 0 Å². The average molecular weight is 235 g/mol. The maximum absolute atomic E-state index is 11.5. The Kier molecular flexibility index (Phi) is 5.01. The van der Waals surface area contributed by atoms with Crippen molar-refractivity contribution >= 4 is 11.7 Å². The second-order valence-corrected chi connectivity index (χ2v) is 4.30. The van der Waals surface area contributed by atoms with Crippen molar-refractivity contribution < 1.29 is 9.53 Å². The first-order valence-electron chi connectivity index (χ1n) is 6.04. The number of anilines is 1. The van der Waals surface area contributed by atoms with E-state index >= 15 is 0 Å². The van der Waals surface area contributed by atoms with E-state index in [0.29, 0.717) is 11.6 Å². The molecule has 94 valence electrons. The Morgan fingerprint density at radius 3 is 2.76 bits per heavy atom. The summed E-state index contributed by atoms with van der Waals surface area (Å²) in [5.74, 6) is -0.283. The largest absolute Gasteiger partial charge is 0.465 e. The van der Waals surface area contributed by atoms with Crippen LogP contribution in [0, 0.1) is 6.92 Å². The van der Waals surface area contributed by atoms with Crippen LogP contribution >= 0.6 is 0 Å². The van der Waals surface area contributed by atoms with Gasteiger partial charge in [-0.1, -0.05) is 19.4 Å². The molecule has 17 heavy (non-hydrogen) atoms. The first-order valence-corrected chi connectivity index (χ1v) is 6.04. The van der Waals surface area contributed by atoms with Crippen LogP contribution in [0.25, 0.3) is 0 Å². The SMILES string of the molecule is CCCC(C)Nc1cccc(C(=O)OC)c1C. The van der Waals surface area contributed by atoms with Gasteiger partial charge in [0.15, 0.2) is 0 Å². The van der Waals surface area contributed by atoms with E-state index in [1.165, 1.54) is 7.11 Å². The summed E-state index contributed by atoms with van der Waals surface area (Å²) in [5, 5.41) is 3.42. The van der Waals surface area contributed by atoms with Crippen molar-refractivity contribution in [1.82, 2.24) is 0 Å². The van der Waals surface area contributed by atoms with Crippen LogP contribution in [0.15, 0.2) is 18.2 Å². The van der Waals surface area contributed by atoms with Gasteiger partial charge in [-0.05, 0) is 38.0 Å². The zero-order valence-corrected chi connectivity index (χ0v) is 11.0. The molecule has 0 heterocycles. The summed E-state index contributed by atoms with van der Waals surface area (Å²) in [6.45, 7) is 6.25. The number of benzene rings is 1. The van der Waals surface area contributed by atoms with E-state index in [2.05, 4.69) is 19.2 Å². The highest BCUT2D eigenvalue weighted by Gasteiger charge is 2.12. The maximum Gasteiger partial charge on any atom is 0.338 e. The lowest BCUT2D eigenvalue weighted by Crippen LogP contribution is -2.16. The van der Waals surface area contributed by atoms with Crippen molar-refractivity contribution in [2.75, 3.05) is 12.4 Å². The summed E-state index contributed by atoms with van der Waals surface area (Å²) in [7, 11) is 1.40. The van der Waals surface area contributed by atoms with E-state index in [0.717, 1.165) is 24.1 Å². The van der Waals surface area contributed by atoms with Gasteiger partial charge in [0.1, 0.15) is 0 Å². The van der Waals surface area contributed by atoms with E-state index in [1.807, 2.05) is 19.1 Å². The molecule has 0 aliphatic carbocycles. The summed E-state index contributed by atoms with van der Waals surface area (Å²) in [6, 6.07) is 6.07. The van der Waals surface area contributed by atoms with Crippen LogP contribution in [0.1, 0.15) is 42.6 Å². The fourth-order valence-corrected chi connectivity index (χ4v) is 1.89. The van der Waals surface area contributed by atoms with Crippen LogP contribution in [-0.4, -0.2) is 19.1 Å². The lowest BCUT2D eigenvalue weighted by molar-refractivity contribution is 0.0600. The molecule has 0 spiro atoms. The second kappa shape index (κ2) is 6.28. The summed E-state index contributed by atoms with van der Waals surface area (Å²) < 4.78 is 4.76. The maximum atomic E-state index is 11.5. The zero-order valence-electron chi connectivity index (χ0n) is 11.0. The molecule has 3 heteroatoms. The molecule has 0 amide bonds. The number of carbonyl (C=O) groups is 1. The number of hydrogen-bond donors (Lipinski definition) is 1. The van der Waals surface area contributed by atoms with Gasteiger partial charge in [0.25, 0.3) is 0 Å². The molecule has 1 aromatic carbocycles.